The minimum atomic E-state index is -0.0426. The van der Waals surface area contributed by atoms with Gasteiger partial charge in [0.05, 0.1) is 0 Å². The number of fused-ring (bicyclic) bond motifs is 1. The number of rotatable bonds is 1. The fraction of sp³-hybridized carbons (Fsp3) is 0.769. The maximum absolute atomic E-state index is 12.2. The average molecular weight is 263 g/mol. The molecule has 6 nitrogen and oxygen atoms in total. The number of hydrogen-bond acceptors (Lipinski definition) is 4. The van der Waals surface area contributed by atoms with Crippen LogP contribution in [0.3, 0.4) is 0 Å². The summed E-state index contributed by atoms with van der Waals surface area (Å²) in [5, 5.41) is 3.92. The first-order valence-corrected chi connectivity index (χ1v) is 7.06. The van der Waals surface area contributed by atoms with E-state index >= 15 is 0 Å². The monoisotopic (exact) mass is 263 g/mol. The van der Waals surface area contributed by atoms with E-state index in [9.17, 15) is 4.79 Å². The quantitative estimate of drug-likeness (QED) is 0.760. The van der Waals surface area contributed by atoms with Gasteiger partial charge in [0.2, 0.25) is 0 Å². The van der Waals surface area contributed by atoms with Gasteiger partial charge in [-0.15, -0.1) is 0 Å². The Balaban J connectivity index is 1.66. The molecule has 1 aromatic rings. The van der Waals surface area contributed by atoms with Crippen LogP contribution in [0.25, 0.3) is 0 Å². The molecule has 0 aliphatic carbocycles. The second-order valence-corrected chi connectivity index (χ2v) is 5.80. The molecule has 1 amide bonds. The SMILES string of the molecule is CC(C)N1CCC2CN(C(=O)n3cncn3)CCC21. The van der Waals surface area contributed by atoms with E-state index in [-0.39, 0.29) is 6.03 Å². The van der Waals surface area contributed by atoms with E-state index in [1.54, 1.807) is 0 Å². The van der Waals surface area contributed by atoms with E-state index in [0.717, 1.165) is 19.5 Å². The Morgan fingerprint density at radius 2 is 2.16 bits per heavy atom. The lowest BCUT2D eigenvalue weighted by atomic mass is 9.92. The van der Waals surface area contributed by atoms with Crippen LogP contribution in [-0.2, 0) is 0 Å². The second kappa shape index (κ2) is 4.92. The third-order valence-corrected chi connectivity index (χ3v) is 4.43. The van der Waals surface area contributed by atoms with Gasteiger partial charge in [0.15, 0.2) is 0 Å². The molecule has 2 saturated heterocycles. The van der Waals surface area contributed by atoms with Gasteiger partial charge in [-0.2, -0.15) is 9.78 Å². The molecule has 19 heavy (non-hydrogen) atoms. The van der Waals surface area contributed by atoms with E-state index in [2.05, 4.69) is 28.8 Å². The summed E-state index contributed by atoms with van der Waals surface area (Å²) in [6.07, 6.45) is 5.15. The van der Waals surface area contributed by atoms with E-state index in [1.807, 2.05) is 4.90 Å². The van der Waals surface area contributed by atoms with Crippen molar-refractivity contribution in [1.82, 2.24) is 24.6 Å². The van der Waals surface area contributed by atoms with Gasteiger partial charge in [0, 0.05) is 25.2 Å². The maximum Gasteiger partial charge on any atom is 0.346 e. The van der Waals surface area contributed by atoms with Gasteiger partial charge in [-0.05, 0) is 39.2 Å². The van der Waals surface area contributed by atoms with Crippen LogP contribution in [0.2, 0.25) is 0 Å². The first kappa shape index (κ1) is 12.6. The number of piperidine rings is 1. The fourth-order valence-electron chi connectivity index (χ4n) is 3.49. The number of nitrogens with zero attached hydrogens (tertiary/aromatic N) is 5. The molecule has 2 fully saturated rings. The van der Waals surface area contributed by atoms with Gasteiger partial charge in [-0.3, -0.25) is 4.90 Å². The minimum absolute atomic E-state index is 0.0426. The van der Waals surface area contributed by atoms with Crippen molar-refractivity contribution < 1.29 is 4.79 Å². The van der Waals surface area contributed by atoms with Crippen LogP contribution >= 0.6 is 0 Å². The summed E-state index contributed by atoms with van der Waals surface area (Å²) in [5.74, 6) is 0.614. The van der Waals surface area contributed by atoms with Crippen LogP contribution in [0.15, 0.2) is 12.7 Å². The molecular formula is C13H21N5O. The van der Waals surface area contributed by atoms with Gasteiger partial charge < -0.3 is 4.90 Å². The molecule has 3 rings (SSSR count). The number of amides is 1. The molecular weight excluding hydrogens is 242 g/mol. The highest BCUT2D eigenvalue weighted by Gasteiger charge is 2.40. The molecule has 0 radical (unpaired) electrons. The molecule has 0 saturated carbocycles. The average Bonchev–Trinajstić information content (AvgIpc) is 3.06. The van der Waals surface area contributed by atoms with Crippen molar-refractivity contribution in [3.63, 3.8) is 0 Å². The fourth-order valence-corrected chi connectivity index (χ4v) is 3.49. The van der Waals surface area contributed by atoms with Gasteiger partial charge in [0.25, 0.3) is 0 Å². The predicted molar refractivity (Wildman–Crippen MR) is 70.7 cm³/mol. The second-order valence-electron chi connectivity index (χ2n) is 5.80. The number of hydrogen-bond donors (Lipinski definition) is 0. The lowest BCUT2D eigenvalue weighted by Gasteiger charge is -2.39. The number of aromatic nitrogens is 3. The Morgan fingerprint density at radius 3 is 2.84 bits per heavy atom. The summed E-state index contributed by atoms with van der Waals surface area (Å²) in [4.78, 5) is 20.6. The van der Waals surface area contributed by atoms with Crippen molar-refractivity contribution in [2.45, 2.75) is 38.8 Å². The third kappa shape index (κ3) is 2.25. The Kier molecular flexibility index (Phi) is 3.26. The Labute approximate surface area is 113 Å². The van der Waals surface area contributed by atoms with E-state index in [0.29, 0.717) is 18.0 Å². The van der Waals surface area contributed by atoms with Crippen LogP contribution in [0.5, 0.6) is 0 Å². The zero-order valence-corrected chi connectivity index (χ0v) is 11.6. The molecule has 6 heteroatoms. The van der Waals surface area contributed by atoms with Crippen LogP contribution in [0.1, 0.15) is 26.7 Å². The van der Waals surface area contributed by atoms with Crippen LogP contribution < -0.4 is 0 Å². The molecule has 2 aliphatic heterocycles. The van der Waals surface area contributed by atoms with Crippen LogP contribution in [0, 0.1) is 5.92 Å². The minimum Gasteiger partial charge on any atom is -0.322 e. The molecule has 0 N–H and O–H groups in total. The number of likely N-dealkylation sites (tertiary alicyclic amines) is 2. The zero-order valence-electron chi connectivity index (χ0n) is 11.6. The smallest absolute Gasteiger partial charge is 0.322 e. The third-order valence-electron chi connectivity index (χ3n) is 4.43. The summed E-state index contributed by atoms with van der Waals surface area (Å²) >= 11 is 0. The Morgan fingerprint density at radius 1 is 1.32 bits per heavy atom. The van der Waals surface area contributed by atoms with Crippen molar-refractivity contribution in [2.75, 3.05) is 19.6 Å². The largest absolute Gasteiger partial charge is 0.346 e. The molecule has 2 atom stereocenters. The number of carbonyl (C=O) groups excluding carboxylic acids is 1. The van der Waals surface area contributed by atoms with Gasteiger partial charge in [0.1, 0.15) is 12.7 Å². The molecule has 104 valence electrons. The topological polar surface area (TPSA) is 54.3 Å². The lowest BCUT2D eigenvalue weighted by molar-refractivity contribution is 0.106. The standard InChI is InChI=1S/C13H21N5O/c1-10(2)17-6-3-11-7-16(5-4-12(11)17)13(19)18-9-14-8-15-18/h8-12H,3-7H2,1-2H3. The summed E-state index contributed by atoms with van der Waals surface area (Å²) in [5.41, 5.74) is 0. The molecule has 1 aromatic heterocycles. The molecule has 2 unspecified atom stereocenters. The van der Waals surface area contributed by atoms with Crippen LogP contribution in [0.4, 0.5) is 4.79 Å². The van der Waals surface area contributed by atoms with Crippen molar-refractivity contribution in [3.05, 3.63) is 12.7 Å². The van der Waals surface area contributed by atoms with Crippen molar-refractivity contribution in [3.8, 4) is 0 Å². The van der Waals surface area contributed by atoms with Crippen molar-refractivity contribution in [2.24, 2.45) is 5.92 Å². The van der Waals surface area contributed by atoms with Crippen molar-refractivity contribution in [1.29, 1.82) is 0 Å². The lowest BCUT2D eigenvalue weighted by Crippen LogP contribution is -2.50. The first-order chi connectivity index (χ1) is 9.16. The highest BCUT2D eigenvalue weighted by Crippen LogP contribution is 2.32. The normalized spacial score (nSPS) is 27.8. The summed E-state index contributed by atoms with van der Waals surface area (Å²) in [6.45, 7) is 7.36. The highest BCUT2D eigenvalue weighted by atomic mass is 16.2. The van der Waals surface area contributed by atoms with E-state index < -0.39 is 0 Å². The van der Waals surface area contributed by atoms with Gasteiger partial charge in [-0.1, -0.05) is 0 Å². The predicted octanol–water partition coefficient (Wildman–Crippen LogP) is 1.05. The summed E-state index contributed by atoms with van der Waals surface area (Å²) in [7, 11) is 0. The van der Waals surface area contributed by atoms with Gasteiger partial charge >= 0.3 is 6.03 Å². The molecule has 3 heterocycles. The van der Waals surface area contributed by atoms with E-state index in [1.165, 1.54) is 30.3 Å². The number of carbonyl (C=O) groups is 1. The highest BCUT2D eigenvalue weighted by molar-refractivity contribution is 5.75. The molecule has 0 spiro atoms. The summed E-state index contributed by atoms with van der Waals surface area (Å²) < 4.78 is 1.33. The van der Waals surface area contributed by atoms with Crippen LogP contribution in [-0.4, -0.2) is 62.3 Å². The van der Waals surface area contributed by atoms with Crippen molar-refractivity contribution >= 4 is 6.03 Å². The maximum atomic E-state index is 12.2. The van der Waals surface area contributed by atoms with E-state index in [4.69, 9.17) is 0 Å². The van der Waals surface area contributed by atoms with Gasteiger partial charge in [-0.25, -0.2) is 9.78 Å². The molecule has 0 bridgehead atoms. The zero-order chi connectivity index (χ0) is 13.4. The Bertz CT molecular complexity index is 444. The first-order valence-electron chi connectivity index (χ1n) is 7.06. The summed E-state index contributed by atoms with van der Waals surface area (Å²) in [6, 6.07) is 1.21. The Hall–Kier alpha value is -1.43. The molecule has 2 aliphatic rings. The molecule has 0 aromatic carbocycles.